The van der Waals surface area contributed by atoms with Gasteiger partial charge in [-0.15, -0.1) is 0 Å². The number of rotatable bonds is 4. The van der Waals surface area contributed by atoms with E-state index in [-0.39, 0.29) is 17.9 Å². The number of benzene rings is 1. The lowest BCUT2D eigenvalue weighted by Gasteiger charge is -2.36. The highest BCUT2D eigenvalue weighted by Crippen LogP contribution is 2.22. The second kappa shape index (κ2) is 8.95. The van der Waals surface area contributed by atoms with Crippen LogP contribution < -0.4 is 9.80 Å². The van der Waals surface area contributed by atoms with Crippen molar-refractivity contribution in [3.8, 4) is 0 Å². The van der Waals surface area contributed by atoms with Crippen LogP contribution in [0.2, 0.25) is 5.02 Å². The second-order valence-corrected chi connectivity index (χ2v) is 7.91. The van der Waals surface area contributed by atoms with Crippen LogP contribution in [0.25, 0.3) is 0 Å². The zero-order valence-electron chi connectivity index (χ0n) is 16.4. The quantitative estimate of drug-likeness (QED) is 0.764. The predicted molar refractivity (Wildman–Crippen MR) is 112 cm³/mol. The average Bonchev–Trinajstić information content (AvgIpc) is 2.77. The van der Waals surface area contributed by atoms with Gasteiger partial charge in [0.15, 0.2) is 0 Å². The first-order valence-corrected chi connectivity index (χ1v) is 10.5. The van der Waals surface area contributed by atoms with Crippen LogP contribution >= 0.6 is 11.6 Å². The van der Waals surface area contributed by atoms with Gasteiger partial charge in [0.2, 0.25) is 11.9 Å². The van der Waals surface area contributed by atoms with Gasteiger partial charge < -0.3 is 14.7 Å². The molecule has 0 radical (unpaired) electrons. The molecule has 2 aromatic rings. The molecule has 0 bridgehead atoms. The Labute approximate surface area is 175 Å². The summed E-state index contributed by atoms with van der Waals surface area (Å²) in [6, 6.07) is 6.41. The van der Waals surface area contributed by atoms with Crippen LogP contribution in [0.5, 0.6) is 0 Å². The monoisotopic (exact) mass is 417 g/mol. The first kappa shape index (κ1) is 19.9. The Kier molecular flexibility index (Phi) is 6.13. The fourth-order valence-electron chi connectivity index (χ4n) is 3.91. The normalized spacial score (nSPS) is 17.5. The number of piperazine rings is 1. The van der Waals surface area contributed by atoms with Crippen LogP contribution in [-0.2, 0) is 11.2 Å². The lowest BCUT2D eigenvalue weighted by Crippen LogP contribution is -2.49. The molecular formula is C21H25ClFN5O. The summed E-state index contributed by atoms with van der Waals surface area (Å²) in [7, 11) is 0. The minimum atomic E-state index is -0.435. The van der Waals surface area contributed by atoms with Crippen molar-refractivity contribution < 1.29 is 9.18 Å². The van der Waals surface area contributed by atoms with Gasteiger partial charge in [0.05, 0.1) is 6.42 Å². The maximum atomic E-state index is 14.0. The number of halogens is 2. The first-order valence-electron chi connectivity index (χ1n) is 10.2. The van der Waals surface area contributed by atoms with Crippen LogP contribution in [0.15, 0.2) is 30.5 Å². The van der Waals surface area contributed by atoms with Crippen LogP contribution in [0.3, 0.4) is 0 Å². The van der Waals surface area contributed by atoms with Gasteiger partial charge in [-0.25, -0.2) is 9.37 Å². The molecule has 0 unspecified atom stereocenters. The number of nitrogens with zero attached hydrogens (tertiary/aromatic N) is 5. The third-order valence-corrected chi connectivity index (χ3v) is 5.97. The molecule has 0 aliphatic carbocycles. The van der Waals surface area contributed by atoms with E-state index < -0.39 is 5.82 Å². The Morgan fingerprint density at radius 3 is 2.48 bits per heavy atom. The number of aromatic nitrogens is 2. The first-order chi connectivity index (χ1) is 14.1. The summed E-state index contributed by atoms with van der Waals surface area (Å²) >= 11 is 6.06. The number of hydrogen-bond acceptors (Lipinski definition) is 5. The molecule has 2 aliphatic rings. The number of anilines is 2. The zero-order valence-corrected chi connectivity index (χ0v) is 17.1. The van der Waals surface area contributed by atoms with Crippen molar-refractivity contribution in [2.24, 2.45) is 0 Å². The number of amides is 1. The van der Waals surface area contributed by atoms with Gasteiger partial charge in [0.1, 0.15) is 11.6 Å². The lowest BCUT2D eigenvalue weighted by molar-refractivity contribution is -0.130. The molecule has 8 heteroatoms. The van der Waals surface area contributed by atoms with Crippen molar-refractivity contribution in [1.29, 1.82) is 0 Å². The molecule has 3 heterocycles. The molecule has 1 aromatic heterocycles. The van der Waals surface area contributed by atoms with Crippen molar-refractivity contribution in [3.63, 3.8) is 0 Å². The van der Waals surface area contributed by atoms with Crippen LogP contribution in [0.4, 0.5) is 16.2 Å². The molecule has 4 rings (SSSR count). The molecule has 2 saturated heterocycles. The van der Waals surface area contributed by atoms with Gasteiger partial charge in [-0.1, -0.05) is 17.7 Å². The molecule has 0 atom stereocenters. The minimum absolute atomic E-state index is 0.0158. The second-order valence-electron chi connectivity index (χ2n) is 7.51. The Morgan fingerprint density at radius 2 is 1.76 bits per heavy atom. The molecule has 2 aliphatic heterocycles. The van der Waals surface area contributed by atoms with E-state index in [1.165, 1.54) is 25.3 Å². The molecule has 0 spiro atoms. The van der Waals surface area contributed by atoms with Crippen molar-refractivity contribution in [1.82, 2.24) is 14.9 Å². The van der Waals surface area contributed by atoms with Crippen LogP contribution in [0.1, 0.15) is 24.8 Å². The summed E-state index contributed by atoms with van der Waals surface area (Å²) in [5.41, 5.74) is 0.267. The van der Waals surface area contributed by atoms with E-state index in [1.54, 1.807) is 17.0 Å². The van der Waals surface area contributed by atoms with Gasteiger partial charge in [0.25, 0.3) is 0 Å². The van der Waals surface area contributed by atoms with Gasteiger partial charge in [-0.2, -0.15) is 4.98 Å². The highest BCUT2D eigenvalue weighted by atomic mass is 35.5. The Balaban J connectivity index is 1.36. The molecule has 2 fully saturated rings. The maximum Gasteiger partial charge on any atom is 0.227 e. The summed E-state index contributed by atoms with van der Waals surface area (Å²) < 4.78 is 14.0. The Morgan fingerprint density at radius 1 is 1.00 bits per heavy atom. The summed E-state index contributed by atoms with van der Waals surface area (Å²) in [6.45, 7) is 4.54. The SMILES string of the molecule is O=C(Cc1c(F)cccc1Cl)N1CCN(c2ccnc(N3CCCCC3)n2)CC1. The number of piperidine rings is 1. The molecular weight excluding hydrogens is 393 g/mol. The van der Waals surface area contributed by atoms with Crippen molar-refractivity contribution in [2.45, 2.75) is 25.7 Å². The van der Waals surface area contributed by atoms with Gasteiger partial charge >= 0.3 is 0 Å². The third-order valence-electron chi connectivity index (χ3n) is 5.61. The highest BCUT2D eigenvalue weighted by Gasteiger charge is 2.24. The topological polar surface area (TPSA) is 52.6 Å². The average molecular weight is 418 g/mol. The fourth-order valence-corrected chi connectivity index (χ4v) is 4.14. The van der Waals surface area contributed by atoms with E-state index in [4.69, 9.17) is 16.6 Å². The van der Waals surface area contributed by atoms with Crippen LogP contribution in [-0.4, -0.2) is 60.0 Å². The van der Waals surface area contributed by atoms with E-state index in [9.17, 15) is 9.18 Å². The van der Waals surface area contributed by atoms with Crippen molar-refractivity contribution >= 4 is 29.3 Å². The molecule has 0 saturated carbocycles. The Bertz CT molecular complexity index is 846. The molecule has 154 valence electrons. The number of carbonyl (C=O) groups excluding carboxylic acids is 1. The fraction of sp³-hybridized carbons (Fsp3) is 0.476. The van der Waals surface area contributed by atoms with Crippen molar-refractivity contribution in [3.05, 3.63) is 46.9 Å². The summed E-state index contributed by atoms with van der Waals surface area (Å²) in [6.07, 6.45) is 5.42. The largest absolute Gasteiger partial charge is 0.353 e. The van der Waals surface area contributed by atoms with E-state index in [0.717, 1.165) is 24.9 Å². The van der Waals surface area contributed by atoms with E-state index >= 15 is 0 Å². The molecule has 1 aromatic carbocycles. The third kappa shape index (κ3) is 4.61. The van der Waals surface area contributed by atoms with E-state index in [2.05, 4.69) is 14.8 Å². The van der Waals surface area contributed by atoms with Gasteiger partial charge in [-0.3, -0.25) is 4.79 Å². The van der Waals surface area contributed by atoms with E-state index in [0.29, 0.717) is 31.2 Å². The summed E-state index contributed by atoms with van der Waals surface area (Å²) in [5, 5.41) is 0.295. The summed E-state index contributed by atoms with van der Waals surface area (Å²) in [4.78, 5) is 28.0. The molecule has 0 N–H and O–H groups in total. The van der Waals surface area contributed by atoms with Crippen molar-refractivity contribution in [2.75, 3.05) is 49.1 Å². The van der Waals surface area contributed by atoms with E-state index in [1.807, 2.05) is 12.3 Å². The molecule has 1 amide bonds. The standard InChI is InChI=1S/C21H25ClFN5O/c22-17-5-4-6-18(23)16(17)15-20(29)27-13-11-26(12-14-27)19-7-8-24-21(25-19)28-9-2-1-3-10-28/h4-8H,1-3,9-15H2. The Hall–Kier alpha value is -2.41. The highest BCUT2D eigenvalue weighted by molar-refractivity contribution is 6.31. The van der Waals surface area contributed by atoms with Gasteiger partial charge in [0, 0.05) is 56.1 Å². The lowest BCUT2D eigenvalue weighted by atomic mass is 10.1. The molecule has 6 nitrogen and oxygen atoms in total. The number of hydrogen-bond donors (Lipinski definition) is 0. The maximum absolute atomic E-state index is 14.0. The van der Waals surface area contributed by atoms with Gasteiger partial charge in [-0.05, 0) is 37.5 Å². The summed E-state index contributed by atoms with van der Waals surface area (Å²) in [5.74, 6) is 1.14. The van der Waals surface area contributed by atoms with Crippen LogP contribution in [0, 0.1) is 5.82 Å². The zero-order chi connectivity index (χ0) is 20.2. The number of carbonyl (C=O) groups is 1. The minimum Gasteiger partial charge on any atom is -0.353 e. The smallest absolute Gasteiger partial charge is 0.227 e. The predicted octanol–water partition coefficient (Wildman–Crippen LogP) is 3.15. The molecule has 29 heavy (non-hydrogen) atoms.